The van der Waals surface area contributed by atoms with E-state index in [1.165, 1.54) is 0 Å². The number of anilines is 2. The first-order chi connectivity index (χ1) is 16.0. The van der Waals surface area contributed by atoms with Crippen LogP contribution in [-0.4, -0.2) is 48.3 Å². The Balaban J connectivity index is 0.00000216. The van der Waals surface area contributed by atoms with Gasteiger partial charge in [0, 0.05) is 11.4 Å². The molecule has 0 radical (unpaired) electrons. The Morgan fingerprint density at radius 3 is 1.40 bits per heavy atom. The van der Waals surface area contributed by atoms with Crippen molar-refractivity contribution >= 4 is 48.1 Å². The Labute approximate surface area is 218 Å². The van der Waals surface area contributed by atoms with Gasteiger partial charge in [-0.05, 0) is 99.1 Å². The SMILES string of the molecule is Cl.Cl.O=C(O)[C@@H](Cc1ccc(Nc2ccc(C[C@H](C(=O)O)[C@H]3CCNC3)cc2)cc1)[C@H]1CCNC1. The van der Waals surface area contributed by atoms with Crippen molar-refractivity contribution in [1.29, 1.82) is 0 Å². The molecule has 2 saturated heterocycles. The second-order valence-corrected chi connectivity index (χ2v) is 9.32. The fourth-order valence-corrected chi connectivity index (χ4v) is 5.07. The van der Waals surface area contributed by atoms with Crippen molar-refractivity contribution in [1.82, 2.24) is 10.6 Å². The molecule has 2 aliphatic heterocycles. The summed E-state index contributed by atoms with van der Waals surface area (Å²) >= 11 is 0. The molecule has 4 rings (SSSR count). The highest BCUT2D eigenvalue weighted by atomic mass is 35.5. The van der Waals surface area contributed by atoms with Gasteiger partial charge in [0.1, 0.15) is 0 Å². The van der Waals surface area contributed by atoms with Crippen LogP contribution in [0.25, 0.3) is 0 Å². The first-order valence-corrected chi connectivity index (χ1v) is 11.8. The van der Waals surface area contributed by atoms with Gasteiger partial charge in [0.05, 0.1) is 11.8 Å². The largest absolute Gasteiger partial charge is 0.481 e. The van der Waals surface area contributed by atoms with E-state index in [-0.39, 0.29) is 48.5 Å². The van der Waals surface area contributed by atoms with Crippen LogP contribution < -0.4 is 16.0 Å². The van der Waals surface area contributed by atoms with E-state index in [9.17, 15) is 19.8 Å². The lowest BCUT2D eigenvalue weighted by molar-refractivity contribution is -0.144. The summed E-state index contributed by atoms with van der Waals surface area (Å²) in [5, 5.41) is 29.2. The van der Waals surface area contributed by atoms with Gasteiger partial charge in [-0.25, -0.2) is 0 Å². The van der Waals surface area contributed by atoms with Crippen molar-refractivity contribution in [2.24, 2.45) is 23.7 Å². The quantitative estimate of drug-likeness (QED) is 0.320. The van der Waals surface area contributed by atoms with E-state index in [1.807, 2.05) is 48.5 Å². The molecule has 192 valence electrons. The fourth-order valence-electron chi connectivity index (χ4n) is 5.07. The van der Waals surface area contributed by atoms with Gasteiger partial charge < -0.3 is 26.2 Å². The minimum absolute atomic E-state index is 0. The number of rotatable bonds is 10. The Kier molecular flexibility index (Phi) is 11.3. The Morgan fingerprint density at radius 2 is 1.11 bits per heavy atom. The molecule has 2 aromatic rings. The van der Waals surface area contributed by atoms with Crippen LogP contribution in [0.4, 0.5) is 11.4 Å². The monoisotopic (exact) mass is 523 g/mol. The van der Waals surface area contributed by atoms with E-state index >= 15 is 0 Å². The zero-order valence-electron chi connectivity index (χ0n) is 19.6. The minimum atomic E-state index is -0.722. The number of hydrogen-bond donors (Lipinski definition) is 5. The van der Waals surface area contributed by atoms with Crippen LogP contribution >= 0.6 is 24.8 Å². The molecule has 2 aliphatic rings. The molecule has 2 fully saturated rings. The van der Waals surface area contributed by atoms with Gasteiger partial charge in [0.25, 0.3) is 0 Å². The van der Waals surface area contributed by atoms with Crippen molar-refractivity contribution in [3.05, 3.63) is 59.7 Å². The third-order valence-electron chi connectivity index (χ3n) is 7.08. The minimum Gasteiger partial charge on any atom is -0.481 e. The van der Waals surface area contributed by atoms with E-state index in [1.54, 1.807) is 0 Å². The molecule has 0 bridgehead atoms. The summed E-state index contributed by atoms with van der Waals surface area (Å²) in [5.41, 5.74) is 3.91. The lowest BCUT2D eigenvalue weighted by atomic mass is 9.86. The maximum absolute atomic E-state index is 11.7. The molecule has 0 aromatic heterocycles. The van der Waals surface area contributed by atoms with Crippen molar-refractivity contribution in [2.75, 3.05) is 31.5 Å². The summed E-state index contributed by atoms with van der Waals surface area (Å²) in [4.78, 5) is 23.5. The van der Waals surface area contributed by atoms with Crippen LogP contribution in [-0.2, 0) is 22.4 Å². The lowest BCUT2D eigenvalue weighted by Gasteiger charge is -2.19. The zero-order chi connectivity index (χ0) is 23.2. The summed E-state index contributed by atoms with van der Waals surface area (Å²) in [5.74, 6) is -1.79. The number of benzene rings is 2. The maximum atomic E-state index is 11.7. The smallest absolute Gasteiger partial charge is 0.307 e. The van der Waals surface area contributed by atoms with Crippen LogP contribution in [0.2, 0.25) is 0 Å². The first kappa shape index (κ1) is 28.9. The van der Waals surface area contributed by atoms with E-state index < -0.39 is 11.9 Å². The maximum Gasteiger partial charge on any atom is 0.307 e. The average Bonchev–Trinajstić information content (AvgIpc) is 3.52. The van der Waals surface area contributed by atoms with Gasteiger partial charge in [-0.3, -0.25) is 9.59 Å². The molecule has 0 aliphatic carbocycles. The van der Waals surface area contributed by atoms with Gasteiger partial charge >= 0.3 is 11.9 Å². The summed E-state index contributed by atoms with van der Waals surface area (Å²) < 4.78 is 0. The molecule has 0 unspecified atom stereocenters. The highest BCUT2D eigenvalue weighted by molar-refractivity contribution is 5.85. The Hall–Kier alpha value is -2.32. The van der Waals surface area contributed by atoms with Crippen LogP contribution in [0.15, 0.2) is 48.5 Å². The van der Waals surface area contributed by atoms with Gasteiger partial charge in [-0.2, -0.15) is 0 Å². The normalized spacial score (nSPS) is 20.8. The molecule has 7 nitrogen and oxygen atoms in total. The summed E-state index contributed by atoms with van der Waals surface area (Å²) in [6.45, 7) is 3.34. The molecule has 5 N–H and O–H groups in total. The van der Waals surface area contributed by atoms with Crippen molar-refractivity contribution in [3.63, 3.8) is 0 Å². The topological polar surface area (TPSA) is 111 Å². The second-order valence-electron chi connectivity index (χ2n) is 9.32. The van der Waals surface area contributed by atoms with E-state index in [2.05, 4.69) is 16.0 Å². The molecule has 4 atom stereocenters. The fraction of sp³-hybridized carbons (Fsp3) is 0.462. The number of nitrogens with one attached hydrogen (secondary N) is 3. The van der Waals surface area contributed by atoms with Crippen LogP contribution in [0.5, 0.6) is 0 Å². The second kappa shape index (κ2) is 13.7. The summed E-state index contributed by atoms with van der Waals surface area (Å²) in [6, 6.07) is 15.9. The van der Waals surface area contributed by atoms with Gasteiger partial charge in [-0.1, -0.05) is 24.3 Å². The molecule has 35 heavy (non-hydrogen) atoms. The van der Waals surface area contributed by atoms with Crippen LogP contribution in [0.1, 0.15) is 24.0 Å². The number of carbonyl (C=O) groups is 2. The predicted octanol–water partition coefficient (Wildman–Crippen LogP) is 3.98. The third kappa shape index (κ3) is 7.84. The standard InChI is InChI=1S/C26H33N3O4.2ClH/c30-25(31)23(19-9-11-27-15-19)13-17-1-5-21(6-2-17)29-22-7-3-18(4-8-22)14-24(26(32)33)20-10-12-28-16-20;;/h1-8,19-20,23-24,27-29H,9-16H2,(H,30,31)(H,32,33);2*1H/t19-,20-,23-,24-;;/m0../s1. The molecule has 9 heteroatoms. The molecule has 0 spiro atoms. The van der Waals surface area contributed by atoms with Gasteiger partial charge in [0.15, 0.2) is 0 Å². The Morgan fingerprint density at radius 1 is 0.743 bits per heavy atom. The number of carboxylic acids is 2. The molecule has 2 heterocycles. The predicted molar refractivity (Wildman–Crippen MR) is 142 cm³/mol. The lowest BCUT2D eigenvalue weighted by Crippen LogP contribution is -2.27. The van der Waals surface area contributed by atoms with E-state index in [4.69, 9.17) is 0 Å². The highest BCUT2D eigenvalue weighted by Crippen LogP contribution is 2.27. The summed E-state index contributed by atoms with van der Waals surface area (Å²) in [7, 11) is 0. The number of carboxylic acid groups (broad SMARTS) is 2. The van der Waals surface area contributed by atoms with Gasteiger partial charge in [0.2, 0.25) is 0 Å². The molecule has 0 amide bonds. The van der Waals surface area contributed by atoms with Crippen LogP contribution in [0.3, 0.4) is 0 Å². The highest BCUT2D eigenvalue weighted by Gasteiger charge is 2.31. The number of halogens is 2. The Bertz CT molecular complexity index is 867. The number of hydrogen-bond acceptors (Lipinski definition) is 5. The van der Waals surface area contributed by atoms with Crippen molar-refractivity contribution < 1.29 is 19.8 Å². The third-order valence-corrected chi connectivity index (χ3v) is 7.08. The van der Waals surface area contributed by atoms with Crippen LogP contribution in [0, 0.1) is 23.7 Å². The van der Waals surface area contributed by atoms with E-state index in [0.717, 1.165) is 61.5 Å². The average molecular weight is 524 g/mol. The molecular weight excluding hydrogens is 489 g/mol. The molecule has 2 aromatic carbocycles. The molecular formula is C26H35Cl2N3O4. The summed E-state index contributed by atoms with van der Waals surface area (Å²) in [6.07, 6.45) is 2.91. The number of aliphatic carboxylic acids is 2. The van der Waals surface area contributed by atoms with Gasteiger partial charge in [-0.15, -0.1) is 24.8 Å². The first-order valence-electron chi connectivity index (χ1n) is 11.8. The molecule has 0 saturated carbocycles. The van der Waals surface area contributed by atoms with E-state index in [0.29, 0.717) is 12.8 Å². The zero-order valence-corrected chi connectivity index (χ0v) is 21.2. The van der Waals surface area contributed by atoms with Crippen molar-refractivity contribution in [2.45, 2.75) is 25.7 Å². The van der Waals surface area contributed by atoms with Crippen molar-refractivity contribution in [3.8, 4) is 0 Å².